The van der Waals surface area contributed by atoms with Crippen molar-refractivity contribution in [2.24, 2.45) is 5.73 Å². The quantitative estimate of drug-likeness (QED) is 0.711. The molecule has 0 aliphatic carbocycles. The highest BCUT2D eigenvalue weighted by Crippen LogP contribution is 2.25. The van der Waals surface area contributed by atoms with Crippen LogP contribution >= 0.6 is 0 Å². The van der Waals surface area contributed by atoms with Gasteiger partial charge in [-0.2, -0.15) is 0 Å². The molecule has 1 fully saturated rings. The summed E-state index contributed by atoms with van der Waals surface area (Å²) in [6, 6.07) is 0. The molecule has 1 unspecified atom stereocenters. The number of rotatable bonds is 4. The normalized spacial score (nSPS) is 30.2. The van der Waals surface area contributed by atoms with Crippen molar-refractivity contribution in [3.8, 4) is 0 Å². The molecule has 0 radical (unpaired) electrons. The highest BCUT2D eigenvalue weighted by atomic mass is 16.3. The summed E-state index contributed by atoms with van der Waals surface area (Å²) in [5.74, 6) is 0. The monoisotopic (exact) mass is 200 g/mol. The van der Waals surface area contributed by atoms with Crippen molar-refractivity contribution in [3.63, 3.8) is 0 Å². The van der Waals surface area contributed by atoms with Gasteiger partial charge >= 0.3 is 0 Å². The molecule has 0 amide bonds. The van der Waals surface area contributed by atoms with E-state index < -0.39 is 5.60 Å². The Morgan fingerprint density at radius 1 is 1.36 bits per heavy atom. The van der Waals surface area contributed by atoms with Crippen molar-refractivity contribution >= 4 is 0 Å². The predicted molar refractivity (Wildman–Crippen MR) is 59.2 cm³/mol. The first-order valence-corrected chi connectivity index (χ1v) is 5.85. The van der Waals surface area contributed by atoms with E-state index in [1.54, 1.807) is 0 Å². The minimum absolute atomic E-state index is 0.475. The SMILES string of the molecule is CCCN1CCCC(O)(CCN)CC1. The van der Waals surface area contributed by atoms with Crippen LogP contribution in [0.5, 0.6) is 0 Å². The van der Waals surface area contributed by atoms with Gasteiger partial charge < -0.3 is 15.7 Å². The van der Waals surface area contributed by atoms with Gasteiger partial charge in [0.05, 0.1) is 5.60 Å². The lowest BCUT2D eigenvalue weighted by Gasteiger charge is -2.26. The van der Waals surface area contributed by atoms with Crippen LogP contribution < -0.4 is 5.73 Å². The fourth-order valence-electron chi connectivity index (χ4n) is 2.29. The lowest BCUT2D eigenvalue weighted by atomic mass is 9.91. The summed E-state index contributed by atoms with van der Waals surface area (Å²) in [5.41, 5.74) is 5.04. The second kappa shape index (κ2) is 5.69. The first kappa shape index (κ1) is 12.0. The van der Waals surface area contributed by atoms with Crippen LogP contribution in [0.3, 0.4) is 0 Å². The third kappa shape index (κ3) is 3.56. The van der Waals surface area contributed by atoms with E-state index in [0.717, 1.165) is 38.8 Å². The van der Waals surface area contributed by atoms with Crippen molar-refractivity contribution in [2.45, 2.75) is 44.6 Å². The lowest BCUT2D eigenvalue weighted by molar-refractivity contribution is 0.0194. The third-order valence-electron chi connectivity index (χ3n) is 3.16. The molecule has 3 heteroatoms. The van der Waals surface area contributed by atoms with E-state index in [0.29, 0.717) is 6.54 Å². The summed E-state index contributed by atoms with van der Waals surface area (Å²) in [7, 11) is 0. The third-order valence-corrected chi connectivity index (χ3v) is 3.16. The van der Waals surface area contributed by atoms with Gasteiger partial charge in [0.2, 0.25) is 0 Å². The Balaban J connectivity index is 2.39. The first-order chi connectivity index (χ1) is 6.70. The highest BCUT2D eigenvalue weighted by molar-refractivity contribution is 4.83. The number of nitrogens with two attached hydrogens (primary N) is 1. The molecule has 1 heterocycles. The van der Waals surface area contributed by atoms with E-state index in [4.69, 9.17) is 5.73 Å². The van der Waals surface area contributed by atoms with Crippen LogP contribution in [-0.2, 0) is 0 Å². The number of aliphatic hydroxyl groups is 1. The summed E-state index contributed by atoms with van der Waals surface area (Å²) in [4.78, 5) is 2.45. The molecule has 1 rings (SSSR count). The van der Waals surface area contributed by atoms with Crippen molar-refractivity contribution in [1.82, 2.24) is 4.90 Å². The molecule has 84 valence electrons. The van der Waals surface area contributed by atoms with Crippen LogP contribution in [0, 0.1) is 0 Å². The molecular weight excluding hydrogens is 176 g/mol. The zero-order chi connectivity index (χ0) is 10.4. The van der Waals surface area contributed by atoms with E-state index >= 15 is 0 Å². The second-order valence-electron chi connectivity index (χ2n) is 4.46. The Hall–Kier alpha value is -0.120. The topological polar surface area (TPSA) is 49.5 Å². The van der Waals surface area contributed by atoms with E-state index in [1.807, 2.05) is 0 Å². The smallest absolute Gasteiger partial charge is 0.0672 e. The van der Waals surface area contributed by atoms with Gasteiger partial charge in [0.1, 0.15) is 0 Å². The molecule has 1 atom stereocenters. The number of hydrogen-bond acceptors (Lipinski definition) is 3. The van der Waals surface area contributed by atoms with E-state index in [-0.39, 0.29) is 0 Å². The Kier molecular flexibility index (Phi) is 4.85. The summed E-state index contributed by atoms with van der Waals surface area (Å²) in [6.07, 6.45) is 4.88. The van der Waals surface area contributed by atoms with Gasteiger partial charge in [0.25, 0.3) is 0 Å². The van der Waals surface area contributed by atoms with Crippen LogP contribution in [-0.4, -0.2) is 41.8 Å². The average Bonchev–Trinajstić information content (AvgIpc) is 2.30. The maximum absolute atomic E-state index is 10.2. The molecule has 1 aliphatic rings. The Morgan fingerprint density at radius 3 is 2.79 bits per heavy atom. The summed E-state index contributed by atoms with van der Waals surface area (Å²) >= 11 is 0. The lowest BCUT2D eigenvalue weighted by Crippen LogP contribution is -2.33. The van der Waals surface area contributed by atoms with Gasteiger partial charge in [0.15, 0.2) is 0 Å². The number of hydrogen-bond donors (Lipinski definition) is 2. The predicted octanol–water partition coefficient (Wildman–Crippen LogP) is 0.962. The fraction of sp³-hybridized carbons (Fsp3) is 1.00. The fourth-order valence-corrected chi connectivity index (χ4v) is 2.29. The Bertz CT molecular complexity index is 163. The van der Waals surface area contributed by atoms with E-state index in [1.165, 1.54) is 13.0 Å². The van der Waals surface area contributed by atoms with E-state index in [2.05, 4.69) is 11.8 Å². The van der Waals surface area contributed by atoms with Crippen LogP contribution in [0.15, 0.2) is 0 Å². The zero-order valence-electron chi connectivity index (χ0n) is 9.34. The van der Waals surface area contributed by atoms with Gasteiger partial charge in [-0.15, -0.1) is 0 Å². The molecule has 3 nitrogen and oxygen atoms in total. The molecule has 0 aromatic carbocycles. The molecule has 1 aliphatic heterocycles. The van der Waals surface area contributed by atoms with Crippen LogP contribution in [0.1, 0.15) is 39.0 Å². The van der Waals surface area contributed by atoms with Crippen molar-refractivity contribution in [3.05, 3.63) is 0 Å². The Labute approximate surface area is 87.3 Å². The van der Waals surface area contributed by atoms with Gasteiger partial charge in [-0.25, -0.2) is 0 Å². The van der Waals surface area contributed by atoms with Crippen molar-refractivity contribution in [2.75, 3.05) is 26.2 Å². The number of nitrogens with zero attached hydrogens (tertiary/aromatic N) is 1. The first-order valence-electron chi connectivity index (χ1n) is 5.85. The van der Waals surface area contributed by atoms with E-state index in [9.17, 15) is 5.11 Å². The van der Waals surface area contributed by atoms with Crippen LogP contribution in [0.4, 0.5) is 0 Å². The summed E-state index contributed by atoms with van der Waals surface area (Å²) < 4.78 is 0. The molecule has 0 aromatic rings. The number of likely N-dealkylation sites (tertiary alicyclic amines) is 1. The maximum atomic E-state index is 10.2. The minimum atomic E-state index is -0.475. The van der Waals surface area contributed by atoms with Crippen molar-refractivity contribution in [1.29, 1.82) is 0 Å². The van der Waals surface area contributed by atoms with Crippen LogP contribution in [0.2, 0.25) is 0 Å². The molecule has 1 saturated heterocycles. The molecule has 0 spiro atoms. The van der Waals surface area contributed by atoms with Gasteiger partial charge in [0, 0.05) is 6.54 Å². The molecule has 14 heavy (non-hydrogen) atoms. The summed E-state index contributed by atoms with van der Waals surface area (Å²) in [5, 5.41) is 10.2. The zero-order valence-corrected chi connectivity index (χ0v) is 9.34. The van der Waals surface area contributed by atoms with Gasteiger partial charge in [-0.1, -0.05) is 6.92 Å². The second-order valence-corrected chi connectivity index (χ2v) is 4.46. The van der Waals surface area contributed by atoms with Gasteiger partial charge in [-0.05, 0) is 51.7 Å². The molecule has 0 saturated carbocycles. The largest absolute Gasteiger partial charge is 0.390 e. The maximum Gasteiger partial charge on any atom is 0.0672 e. The van der Waals surface area contributed by atoms with Crippen LogP contribution in [0.25, 0.3) is 0 Å². The molecular formula is C11H24N2O. The molecule has 0 bridgehead atoms. The Morgan fingerprint density at radius 2 is 2.14 bits per heavy atom. The average molecular weight is 200 g/mol. The standard InChI is InChI=1S/C11H24N2O/c1-2-8-13-9-3-4-11(14,5-7-12)6-10-13/h14H,2-10,12H2,1H3. The minimum Gasteiger partial charge on any atom is -0.390 e. The van der Waals surface area contributed by atoms with Gasteiger partial charge in [-0.3, -0.25) is 0 Å². The van der Waals surface area contributed by atoms with Crippen molar-refractivity contribution < 1.29 is 5.11 Å². The molecule has 3 N–H and O–H groups in total. The summed E-state index contributed by atoms with van der Waals surface area (Å²) in [6.45, 7) is 6.14. The highest BCUT2D eigenvalue weighted by Gasteiger charge is 2.28. The molecule has 0 aromatic heterocycles.